The van der Waals surface area contributed by atoms with Gasteiger partial charge in [-0.05, 0) is 54.4 Å². The van der Waals surface area contributed by atoms with E-state index < -0.39 is 0 Å². The maximum atomic E-state index is 12.2. The van der Waals surface area contributed by atoms with Gasteiger partial charge in [-0.15, -0.1) is 11.8 Å². The summed E-state index contributed by atoms with van der Waals surface area (Å²) in [6, 6.07) is 13.6. The number of likely N-dealkylation sites (tertiary alicyclic amines) is 1. The zero-order valence-corrected chi connectivity index (χ0v) is 15.7. The largest absolute Gasteiger partial charge is 0.468 e. The van der Waals surface area contributed by atoms with Crippen LogP contribution in [-0.2, 0) is 30.5 Å². The predicted octanol–water partition coefficient (Wildman–Crippen LogP) is 4.00. The lowest BCUT2D eigenvalue weighted by Gasteiger charge is -2.34. The van der Waals surface area contributed by atoms with Crippen molar-refractivity contribution in [2.75, 3.05) is 12.3 Å². The van der Waals surface area contributed by atoms with Crippen LogP contribution < -0.4 is 4.74 Å². The van der Waals surface area contributed by atoms with Crippen molar-refractivity contribution in [3.8, 4) is 5.75 Å². The molecule has 134 valence electrons. The number of thioether (sulfide) groups is 1. The van der Waals surface area contributed by atoms with Gasteiger partial charge in [-0.2, -0.15) is 0 Å². The number of amides is 1. The summed E-state index contributed by atoms with van der Waals surface area (Å²) in [7, 11) is 0. The van der Waals surface area contributed by atoms with Gasteiger partial charge in [-0.3, -0.25) is 4.79 Å². The molecule has 0 unspecified atom stereocenters. The minimum absolute atomic E-state index is 0.109. The molecule has 3 nitrogen and oxygen atoms in total. The molecular weight excluding hydrogens is 342 g/mol. The van der Waals surface area contributed by atoms with Gasteiger partial charge in [-0.1, -0.05) is 36.4 Å². The molecule has 26 heavy (non-hydrogen) atoms. The second-order valence-corrected chi connectivity index (χ2v) is 8.46. The molecule has 4 aliphatic carbocycles. The average Bonchev–Trinajstić information content (AvgIpc) is 3.09. The van der Waals surface area contributed by atoms with Crippen LogP contribution in [0.5, 0.6) is 5.75 Å². The maximum absolute atomic E-state index is 12.2. The Kier molecular flexibility index (Phi) is 4.16. The normalized spacial score (nSPS) is 21.9. The predicted molar refractivity (Wildman–Crippen MR) is 104 cm³/mol. The fourth-order valence-corrected chi connectivity index (χ4v) is 5.43. The Morgan fingerprint density at radius 2 is 1.58 bits per heavy atom. The molecule has 0 spiro atoms. The van der Waals surface area contributed by atoms with Crippen molar-refractivity contribution < 1.29 is 9.53 Å². The monoisotopic (exact) mass is 365 g/mol. The molecule has 6 aliphatic rings. The molecule has 0 radical (unpaired) electrons. The minimum atomic E-state index is -0.109. The molecule has 0 N–H and O–H groups in total. The van der Waals surface area contributed by atoms with Crippen molar-refractivity contribution in [2.24, 2.45) is 0 Å². The van der Waals surface area contributed by atoms with E-state index in [2.05, 4.69) is 36.4 Å². The van der Waals surface area contributed by atoms with Gasteiger partial charge in [0.05, 0.1) is 10.6 Å². The van der Waals surface area contributed by atoms with E-state index in [4.69, 9.17) is 4.74 Å². The fourth-order valence-electron chi connectivity index (χ4n) is 4.21. The molecule has 2 aliphatic heterocycles. The third-order valence-electron chi connectivity index (χ3n) is 5.75. The number of aryl methyl sites for hydroxylation is 4. The summed E-state index contributed by atoms with van der Waals surface area (Å²) < 4.78 is 6.47. The van der Waals surface area contributed by atoms with Crippen LogP contribution in [0, 0.1) is 0 Å². The Labute approximate surface area is 158 Å². The Balaban J connectivity index is 1.50. The summed E-state index contributed by atoms with van der Waals surface area (Å²) in [6.07, 6.45) is 5.60. The number of hydrogen-bond acceptors (Lipinski definition) is 3. The summed E-state index contributed by atoms with van der Waals surface area (Å²) >= 11 is 1.88. The van der Waals surface area contributed by atoms with Crippen LogP contribution in [0.2, 0.25) is 0 Å². The number of ether oxygens (including phenoxy) is 1. The van der Waals surface area contributed by atoms with E-state index in [1.54, 1.807) is 0 Å². The van der Waals surface area contributed by atoms with Crippen LogP contribution in [0.25, 0.3) is 0 Å². The van der Waals surface area contributed by atoms with Gasteiger partial charge in [0, 0.05) is 13.0 Å². The average molecular weight is 365 g/mol. The number of carbonyl (C=O) groups excluding carboxylic acids is 1. The zero-order valence-electron chi connectivity index (χ0n) is 14.9. The molecule has 4 heteroatoms. The Morgan fingerprint density at radius 3 is 2.27 bits per heavy atom. The van der Waals surface area contributed by atoms with E-state index in [-0.39, 0.29) is 12.1 Å². The van der Waals surface area contributed by atoms with Gasteiger partial charge >= 0.3 is 0 Å². The lowest BCUT2D eigenvalue weighted by molar-refractivity contribution is -0.134. The van der Waals surface area contributed by atoms with Gasteiger partial charge in [0.15, 0.2) is 6.23 Å². The highest BCUT2D eigenvalue weighted by molar-refractivity contribution is 7.99. The van der Waals surface area contributed by atoms with Crippen LogP contribution in [0.1, 0.15) is 35.1 Å². The summed E-state index contributed by atoms with van der Waals surface area (Å²) in [6.45, 7) is 0.834. The molecule has 2 aromatic rings. The van der Waals surface area contributed by atoms with Gasteiger partial charge in [0.1, 0.15) is 5.75 Å². The van der Waals surface area contributed by atoms with E-state index in [1.165, 1.54) is 27.1 Å². The smallest absolute Gasteiger partial charge is 0.225 e. The first-order valence-corrected chi connectivity index (χ1v) is 10.6. The highest BCUT2D eigenvalue weighted by Gasteiger charge is 2.34. The Bertz CT molecular complexity index is 846. The van der Waals surface area contributed by atoms with E-state index in [0.29, 0.717) is 6.42 Å². The molecule has 1 amide bonds. The molecule has 1 fully saturated rings. The number of nitrogens with zero attached hydrogens (tertiary/aromatic N) is 1. The van der Waals surface area contributed by atoms with Crippen LogP contribution in [-0.4, -0.2) is 29.3 Å². The van der Waals surface area contributed by atoms with Gasteiger partial charge in [-0.25, -0.2) is 0 Å². The molecule has 1 saturated heterocycles. The highest BCUT2D eigenvalue weighted by atomic mass is 32.2. The topological polar surface area (TPSA) is 29.5 Å². The van der Waals surface area contributed by atoms with Gasteiger partial charge < -0.3 is 9.64 Å². The second kappa shape index (κ2) is 6.66. The minimum Gasteiger partial charge on any atom is -0.468 e. The standard InChI is InChI=1S/C22H23NO2S/c24-19-2-1-13-23(19)20-14-26-22-18-10-8-16-5-3-15(4-6-16)7-9-17(11-12-18)21(22)25-20/h3-6,11-12,20H,1-2,7-10,13-14H2/t20-/m1/s1. The molecule has 2 aromatic carbocycles. The third-order valence-corrected chi connectivity index (χ3v) is 6.93. The van der Waals surface area contributed by atoms with E-state index in [1.807, 2.05) is 16.7 Å². The number of benzene rings is 2. The molecule has 1 atom stereocenters. The number of rotatable bonds is 1. The maximum Gasteiger partial charge on any atom is 0.225 e. The van der Waals surface area contributed by atoms with Crippen molar-refractivity contribution in [1.82, 2.24) is 4.90 Å². The van der Waals surface area contributed by atoms with Crippen LogP contribution in [0.4, 0.5) is 0 Å². The molecule has 4 bridgehead atoms. The first-order chi connectivity index (χ1) is 12.8. The molecule has 0 aromatic heterocycles. The summed E-state index contributed by atoms with van der Waals surface area (Å²) in [5.74, 6) is 2.12. The van der Waals surface area contributed by atoms with E-state index >= 15 is 0 Å². The summed E-state index contributed by atoms with van der Waals surface area (Å²) in [5, 5.41) is 0. The van der Waals surface area contributed by atoms with Crippen LogP contribution >= 0.6 is 11.8 Å². The molecule has 2 heterocycles. The lowest BCUT2D eigenvalue weighted by atomic mass is 9.96. The van der Waals surface area contributed by atoms with E-state index in [9.17, 15) is 4.79 Å². The second-order valence-electron chi connectivity index (χ2n) is 7.43. The number of carbonyl (C=O) groups is 1. The Hall–Kier alpha value is -1.94. The fraction of sp³-hybridized carbons (Fsp3) is 0.409. The van der Waals surface area contributed by atoms with Crippen molar-refractivity contribution in [1.29, 1.82) is 0 Å². The van der Waals surface area contributed by atoms with Crippen molar-refractivity contribution in [3.63, 3.8) is 0 Å². The number of hydrogen-bond donors (Lipinski definition) is 0. The lowest BCUT2D eigenvalue weighted by Crippen LogP contribution is -2.43. The quantitative estimate of drug-likeness (QED) is 0.765. The first kappa shape index (κ1) is 16.2. The van der Waals surface area contributed by atoms with Gasteiger partial charge in [0.25, 0.3) is 0 Å². The van der Waals surface area contributed by atoms with Crippen molar-refractivity contribution in [3.05, 3.63) is 58.7 Å². The van der Waals surface area contributed by atoms with Crippen molar-refractivity contribution in [2.45, 2.75) is 49.6 Å². The molecule has 8 rings (SSSR count). The van der Waals surface area contributed by atoms with Crippen LogP contribution in [0.3, 0.4) is 0 Å². The first-order valence-electron chi connectivity index (χ1n) is 9.59. The van der Waals surface area contributed by atoms with Crippen molar-refractivity contribution >= 4 is 17.7 Å². The molecule has 0 saturated carbocycles. The summed E-state index contributed by atoms with van der Waals surface area (Å²) in [5.41, 5.74) is 5.43. The Morgan fingerprint density at radius 1 is 0.885 bits per heavy atom. The van der Waals surface area contributed by atoms with E-state index in [0.717, 1.165) is 50.2 Å². The van der Waals surface area contributed by atoms with Crippen LogP contribution in [0.15, 0.2) is 41.3 Å². The highest BCUT2D eigenvalue weighted by Crippen LogP contribution is 2.43. The molecular formula is C22H23NO2S. The third kappa shape index (κ3) is 2.90. The zero-order chi connectivity index (χ0) is 17.5. The van der Waals surface area contributed by atoms with Gasteiger partial charge in [0.2, 0.25) is 5.91 Å². The summed E-state index contributed by atoms with van der Waals surface area (Å²) in [4.78, 5) is 15.4. The SMILES string of the molecule is O=C1CCCN1[C@H]1CSc2c3ccc(c2O1)CCc1ccc(cc1)CC3.